The highest BCUT2D eigenvalue weighted by molar-refractivity contribution is 5.87. The van der Waals surface area contributed by atoms with E-state index in [0.29, 0.717) is 63.6 Å². The van der Waals surface area contributed by atoms with Crippen molar-refractivity contribution in [2.75, 3.05) is 32.8 Å². The summed E-state index contributed by atoms with van der Waals surface area (Å²) >= 11 is 0. The summed E-state index contributed by atoms with van der Waals surface area (Å²) in [5, 5.41) is 26.8. The number of rotatable bonds is 29. The van der Waals surface area contributed by atoms with Crippen LogP contribution < -0.4 is 27.4 Å². The van der Waals surface area contributed by atoms with Gasteiger partial charge in [0, 0.05) is 45.6 Å². The summed E-state index contributed by atoms with van der Waals surface area (Å²) in [5.41, 5.74) is 11.2. The van der Waals surface area contributed by atoms with Gasteiger partial charge in [0.15, 0.2) is 0 Å². The van der Waals surface area contributed by atoms with Gasteiger partial charge in [-0.3, -0.25) is 19.2 Å². The summed E-state index contributed by atoms with van der Waals surface area (Å²) in [6.07, 6.45) is 15.0. The third-order valence-corrected chi connectivity index (χ3v) is 8.47. The van der Waals surface area contributed by atoms with E-state index < -0.39 is 12.1 Å². The molecule has 0 aromatic carbocycles. The lowest BCUT2D eigenvalue weighted by atomic mass is 10.0. The zero-order chi connectivity index (χ0) is 35.0. The van der Waals surface area contributed by atoms with Crippen molar-refractivity contribution in [1.29, 1.82) is 0 Å². The molecule has 0 rings (SSSR count). The largest absolute Gasteiger partial charge is 0.396 e. The van der Waals surface area contributed by atoms with Crippen LogP contribution >= 0.6 is 0 Å². The summed E-state index contributed by atoms with van der Waals surface area (Å²) in [7, 11) is 0. The Kier molecular flexibility index (Phi) is 32.9. The quantitative estimate of drug-likeness (QED) is 0.0589. The van der Waals surface area contributed by atoms with Crippen molar-refractivity contribution >= 4 is 23.5 Å². The van der Waals surface area contributed by atoms with Crippen LogP contribution in [0.4, 0.5) is 0 Å². The number of nitrogens with one attached hydrogen (secondary N) is 3. The van der Waals surface area contributed by atoms with Gasteiger partial charge in [-0.2, -0.15) is 0 Å². The molecule has 9 N–H and O–H groups in total. The predicted molar refractivity (Wildman–Crippen MR) is 187 cm³/mol. The fourth-order valence-corrected chi connectivity index (χ4v) is 4.87. The first-order chi connectivity index (χ1) is 22.1. The first kappa shape index (κ1) is 46.0. The number of ketones is 1. The Bertz CT molecular complexity index is 762. The van der Waals surface area contributed by atoms with Crippen molar-refractivity contribution in [2.45, 2.75) is 155 Å². The van der Waals surface area contributed by atoms with E-state index in [2.05, 4.69) is 29.8 Å². The smallest absolute Gasteiger partial charge is 0.242 e. The standard InChI is InChI=1S/C21H40N2O4.C14H31N3O2/c1-4-17(16-24)12-10-11-15-22-21(27)19(23-20(26)6-3)14-9-7-8-13-18(25)5-2;1-2-12(11-18)7-4-6-10-17-14(19)13(16)8-3-5-9-15/h17,19,24H,4-16H2,1-3H3,(H,22,27)(H,23,26);12-13,18H,2-11,15-16H2,1H3,(H,17,19)/t17?,19-;12?,13-/m11/s1. The molecular formula is C35H71N5O6. The van der Waals surface area contributed by atoms with Crippen LogP contribution in [-0.2, 0) is 19.2 Å². The fraction of sp³-hybridized carbons (Fsp3) is 0.886. The second kappa shape index (κ2) is 32.8. The maximum atomic E-state index is 12.4. The maximum absolute atomic E-state index is 12.4. The van der Waals surface area contributed by atoms with Crippen LogP contribution in [-0.4, -0.2) is 78.6 Å². The Hall–Kier alpha value is -2.08. The first-order valence-electron chi connectivity index (χ1n) is 18.2. The van der Waals surface area contributed by atoms with Gasteiger partial charge in [0.2, 0.25) is 17.7 Å². The first-order valence-corrected chi connectivity index (χ1v) is 18.2. The summed E-state index contributed by atoms with van der Waals surface area (Å²) in [4.78, 5) is 47.1. The highest BCUT2D eigenvalue weighted by Crippen LogP contribution is 2.12. The van der Waals surface area contributed by atoms with E-state index in [1.165, 1.54) is 0 Å². The molecule has 2 unspecified atom stereocenters. The summed E-state index contributed by atoms with van der Waals surface area (Å²) in [5.74, 6) is 0.702. The lowest BCUT2D eigenvalue weighted by Crippen LogP contribution is -2.46. The molecule has 272 valence electrons. The Labute approximate surface area is 280 Å². The molecule has 0 aromatic heterocycles. The zero-order valence-electron chi connectivity index (χ0n) is 29.8. The van der Waals surface area contributed by atoms with Crippen LogP contribution in [0.5, 0.6) is 0 Å². The summed E-state index contributed by atoms with van der Waals surface area (Å²) < 4.78 is 0. The van der Waals surface area contributed by atoms with Gasteiger partial charge in [0.05, 0.1) is 6.04 Å². The van der Waals surface area contributed by atoms with Crippen molar-refractivity contribution in [3.05, 3.63) is 0 Å². The van der Waals surface area contributed by atoms with Gasteiger partial charge in [-0.25, -0.2) is 0 Å². The monoisotopic (exact) mass is 658 g/mol. The Morgan fingerprint density at radius 3 is 1.63 bits per heavy atom. The number of aliphatic hydroxyl groups excluding tert-OH is 2. The molecule has 0 spiro atoms. The number of Topliss-reactive ketones (excluding diaryl/α,β-unsaturated/α-hetero) is 1. The Morgan fingerprint density at radius 1 is 0.630 bits per heavy atom. The van der Waals surface area contributed by atoms with Gasteiger partial charge in [-0.1, -0.05) is 72.6 Å². The third kappa shape index (κ3) is 27.1. The Morgan fingerprint density at radius 2 is 1.15 bits per heavy atom. The molecule has 3 amide bonds. The van der Waals surface area contributed by atoms with Gasteiger partial charge in [0.1, 0.15) is 11.8 Å². The molecule has 0 bridgehead atoms. The average Bonchev–Trinajstić information content (AvgIpc) is 3.07. The molecule has 0 heterocycles. The zero-order valence-corrected chi connectivity index (χ0v) is 29.8. The number of unbranched alkanes of at least 4 members (excludes halogenated alkanes) is 5. The number of hydrogen-bond acceptors (Lipinski definition) is 8. The number of aliphatic hydroxyl groups is 2. The number of amides is 3. The molecule has 0 aromatic rings. The van der Waals surface area contributed by atoms with E-state index in [1.807, 2.05) is 6.92 Å². The van der Waals surface area contributed by atoms with Crippen LogP contribution in [0, 0.1) is 11.8 Å². The molecule has 0 fully saturated rings. The summed E-state index contributed by atoms with van der Waals surface area (Å²) in [6, 6.07) is -0.910. The van der Waals surface area contributed by atoms with Gasteiger partial charge >= 0.3 is 0 Å². The predicted octanol–water partition coefficient (Wildman–Crippen LogP) is 3.86. The van der Waals surface area contributed by atoms with Gasteiger partial charge in [-0.05, 0) is 69.7 Å². The van der Waals surface area contributed by atoms with Crippen molar-refractivity contribution in [3.63, 3.8) is 0 Å². The van der Waals surface area contributed by atoms with E-state index >= 15 is 0 Å². The molecule has 0 radical (unpaired) electrons. The second-order valence-corrected chi connectivity index (χ2v) is 12.3. The minimum Gasteiger partial charge on any atom is -0.396 e. The number of hydrogen-bond donors (Lipinski definition) is 7. The van der Waals surface area contributed by atoms with Crippen molar-refractivity contribution in [1.82, 2.24) is 16.0 Å². The maximum Gasteiger partial charge on any atom is 0.242 e. The van der Waals surface area contributed by atoms with Crippen LogP contribution in [0.2, 0.25) is 0 Å². The minimum absolute atomic E-state index is 0.0637. The molecular weight excluding hydrogens is 586 g/mol. The van der Waals surface area contributed by atoms with E-state index in [0.717, 1.165) is 83.5 Å². The highest BCUT2D eigenvalue weighted by Gasteiger charge is 2.19. The second-order valence-electron chi connectivity index (χ2n) is 12.3. The molecule has 0 aliphatic carbocycles. The highest BCUT2D eigenvalue weighted by atomic mass is 16.3. The molecule has 11 nitrogen and oxygen atoms in total. The van der Waals surface area contributed by atoms with E-state index in [9.17, 15) is 24.3 Å². The van der Waals surface area contributed by atoms with Gasteiger partial charge < -0.3 is 37.6 Å². The van der Waals surface area contributed by atoms with Gasteiger partial charge in [-0.15, -0.1) is 0 Å². The number of carbonyl (C=O) groups is 4. The van der Waals surface area contributed by atoms with Crippen molar-refractivity contribution in [3.8, 4) is 0 Å². The van der Waals surface area contributed by atoms with Crippen LogP contribution in [0.1, 0.15) is 143 Å². The number of carbonyl (C=O) groups excluding carboxylic acids is 4. The molecule has 11 heteroatoms. The van der Waals surface area contributed by atoms with Crippen LogP contribution in [0.25, 0.3) is 0 Å². The molecule has 46 heavy (non-hydrogen) atoms. The molecule has 0 saturated heterocycles. The lowest BCUT2D eigenvalue weighted by Gasteiger charge is -2.18. The number of nitrogens with two attached hydrogens (primary N) is 2. The molecule has 0 saturated carbocycles. The fourth-order valence-electron chi connectivity index (χ4n) is 4.87. The van der Waals surface area contributed by atoms with E-state index in [-0.39, 0.29) is 36.7 Å². The van der Waals surface area contributed by atoms with Crippen molar-refractivity contribution in [2.24, 2.45) is 23.3 Å². The normalized spacial score (nSPS) is 13.5. The van der Waals surface area contributed by atoms with Crippen LogP contribution in [0.15, 0.2) is 0 Å². The van der Waals surface area contributed by atoms with Crippen LogP contribution in [0.3, 0.4) is 0 Å². The SMILES string of the molecule is CCC(=O)CCCCC[C@@H](NC(=O)CC)C(=O)NCCCCC(CC)CO.CCC(CO)CCCCNC(=O)[C@H](N)CCCCN. The summed E-state index contributed by atoms with van der Waals surface area (Å²) in [6.45, 7) is 10.2. The van der Waals surface area contributed by atoms with Crippen molar-refractivity contribution < 1.29 is 29.4 Å². The molecule has 0 aliphatic heterocycles. The minimum atomic E-state index is -0.500. The van der Waals surface area contributed by atoms with E-state index in [4.69, 9.17) is 16.6 Å². The third-order valence-electron chi connectivity index (χ3n) is 8.47. The molecule has 0 aliphatic rings. The lowest BCUT2D eigenvalue weighted by molar-refractivity contribution is -0.129. The molecule has 4 atom stereocenters. The Balaban J connectivity index is 0. The van der Waals surface area contributed by atoms with Gasteiger partial charge in [0.25, 0.3) is 0 Å². The topological polar surface area (TPSA) is 197 Å². The average molecular weight is 658 g/mol. The van der Waals surface area contributed by atoms with E-state index in [1.54, 1.807) is 6.92 Å².